The molecule has 80 valence electrons. The minimum absolute atomic E-state index is 0.295. The third kappa shape index (κ3) is 2.71. The topological polar surface area (TPSA) is 32.3 Å². The standard InChI is InChI=1S/C11H20N2O/c1-9-4-6-13(7-5-9)11(14)8-12-10-2-3-10/h9-10,12H,2-8H2,1H3. The third-order valence-corrected chi connectivity index (χ3v) is 3.26. The maximum Gasteiger partial charge on any atom is 0.236 e. The summed E-state index contributed by atoms with van der Waals surface area (Å²) in [5, 5.41) is 3.27. The molecular weight excluding hydrogens is 176 g/mol. The normalized spacial score (nSPS) is 23.9. The molecule has 0 aromatic carbocycles. The van der Waals surface area contributed by atoms with Crippen molar-refractivity contribution < 1.29 is 4.79 Å². The molecule has 1 N–H and O–H groups in total. The molecule has 2 aliphatic rings. The van der Waals surface area contributed by atoms with E-state index in [-0.39, 0.29) is 0 Å². The van der Waals surface area contributed by atoms with E-state index in [0.717, 1.165) is 19.0 Å². The van der Waals surface area contributed by atoms with E-state index in [0.29, 0.717) is 18.5 Å². The van der Waals surface area contributed by atoms with E-state index in [9.17, 15) is 4.79 Å². The van der Waals surface area contributed by atoms with Crippen molar-refractivity contribution in [3.05, 3.63) is 0 Å². The molecule has 1 heterocycles. The molecule has 3 heteroatoms. The van der Waals surface area contributed by atoms with Gasteiger partial charge in [-0.2, -0.15) is 0 Å². The summed E-state index contributed by atoms with van der Waals surface area (Å²) in [4.78, 5) is 13.7. The molecular formula is C11H20N2O. The summed E-state index contributed by atoms with van der Waals surface area (Å²) >= 11 is 0. The summed E-state index contributed by atoms with van der Waals surface area (Å²) in [6, 6.07) is 0.641. The Morgan fingerprint density at radius 2 is 1.93 bits per heavy atom. The average Bonchev–Trinajstić information content (AvgIpc) is 2.99. The molecule has 1 amide bonds. The lowest BCUT2D eigenvalue weighted by Gasteiger charge is -2.30. The third-order valence-electron chi connectivity index (χ3n) is 3.26. The number of carbonyl (C=O) groups is 1. The SMILES string of the molecule is CC1CCN(C(=O)CNC2CC2)CC1. The fourth-order valence-corrected chi connectivity index (χ4v) is 1.89. The van der Waals surface area contributed by atoms with Crippen LogP contribution in [-0.2, 0) is 4.79 Å². The summed E-state index contributed by atoms with van der Waals surface area (Å²) < 4.78 is 0. The molecule has 1 aliphatic carbocycles. The fourth-order valence-electron chi connectivity index (χ4n) is 1.89. The highest BCUT2D eigenvalue weighted by molar-refractivity contribution is 5.78. The van der Waals surface area contributed by atoms with Crippen LogP contribution >= 0.6 is 0 Å². The van der Waals surface area contributed by atoms with Crippen LogP contribution < -0.4 is 5.32 Å². The lowest BCUT2D eigenvalue weighted by Crippen LogP contribution is -2.42. The maximum absolute atomic E-state index is 11.7. The van der Waals surface area contributed by atoms with Crippen LogP contribution in [0.5, 0.6) is 0 Å². The van der Waals surface area contributed by atoms with Crippen molar-refractivity contribution in [1.29, 1.82) is 0 Å². The van der Waals surface area contributed by atoms with Crippen molar-refractivity contribution in [3.63, 3.8) is 0 Å². The van der Waals surface area contributed by atoms with Crippen LogP contribution in [0, 0.1) is 5.92 Å². The molecule has 0 unspecified atom stereocenters. The minimum Gasteiger partial charge on any atom is -0.342 e. The molecule has 1 saturated carbocycles. The summed E-state index contributed by atoms with van der Waals surface area (Å²) in [5.41, 5.74) is 0. The zero-order valence-corrected chi connectivity index (χ0v) is 8.96. The van der Waals surface area contributed by atoms with Gasteiger partial charge in [-0.25, -0.2) is 0 Å². The van der Waals surface area contributed by atoms with Gasteiger partial charge in [0.1, 0.15) is 0 Å². The second-order valence-electron chi connectivity index (χ2n) is 4.72. The van der Waals surface area contributed by atoms with E-state index in [1.807, 2.05) is 4.90 Å². The Hall–Kier alpha value is -0.570. The van der Waals surface area contributed by atoms with Gasteiger partial charge in [0, 0.05) is 19.1 Å². The van der Waals surface area contributed by atoms with Gasteiger partial charge in [0.15, 0.2) is 0 Å². The molecule has 2 rings (SSSR count). The van der Waals surface area contributed by atoms with Crippen LogP contribution in [0.4, 0.5) is 0 Å². The first-order chi connectivity index (χ1) is 6.75. The first-order valence-electron chi connectivity index (χ1n) is 5.77. The van der Waals surface area contributed by atoms with Crippen molar-refractivity contribution in [2.45, 2.75) is 38.6 Å². The van der Waals surface area contributed by atoms with Crippen LogP contribution in [0.3, 0.4) is 0 Å². The smallest absolute Gasteiger partial charge is 0.236 e. The molecule has 0 aromatic rings. The number of piperidine rings is 1. The molecule has 1 saturated heterocycles. The van der Waals surface area contributed by atoms with Crippen molar-refractivity contribution >= 4 is 5.91 Å². The van der Waals surface area contributed by atoms with Crippen LogP contribution in [0.2, 0.25) is 0 Å². The molecule has 0 radical (unpaired) electrons. The van der Waals surface area contributed by atoms with Gasteiger partial charge in [0.2, 0.25) is 5.91 Å². The minimum atomic E-state index is 0.295. The Balaban J connectivity index is 1.68. The van der Waals surface area contributed by atoms with Crippen molar-refractivity contribution in [2.75, 3.05) is 19.6 Å². The van der Waals surface area contributed by atoms with Crippen LogP contribution in [0.25, 0.3) is 0 Å². The second-order valence-corrected chi connectivity index (χ2v) is 4.72. The van der Waals surface area contributed by atoms with Crippen LogP contribution in [-0.4, -0.2) is 36.5 Å². The summed E-state index contributed by atoms with van der Waals surface area (Å²) in [7, 11) is 0. The van der Waals surface area contributed by atoms with E-state index in [4.69, 9.17) is 0 Å². The van der Waals surface area contributed by atoms with E-state index >= 15 is 0 Å². The van der Waals surface area contributed by atoms with Gasteiger partial charge in [-0.1, -0.05) is 6.92 Å². The molecule has 1 aliphatic heterocycles. The van der Waals surface area contributed by atoms with Crippen LogP contribution in [0.15, 0.2) is 0 Å². The predicted molar refractivity (Wildman–Crippen MR) is 56.0 cm³/mol. The highest BCUT2D eigenvalue weighted by Crippen LogP contribution is 2.19. The number of hydrogen-bond acceptors (Lipinski definition) is 2. The lowest BCUT2D eigenvalue weighted by atomic mass is 9.99. The van der Waals surface area contributed by atoms with Crippen molar-refractivity contribution in [2.24, 2.45) is 5.92 Å². The molecule has 2 fully saturated rings. The number of carbonyl (C=O) groups excluding carboxylic acids is 1. The Kier molecular flexibility index (Phi) is 3.06. The van der Waals surface area contributed by atoms with Gasteiger partial charge in [0.25, 0.3) is 0 Å². The lowest BCUT2D eigenvalue weighted by molar-refractivity contribution is -0.131. The molecule has 0 spiro atoms. The first kappa shape index (κ1) is 9.97. The number of nitrogens with one attached hydrogen (secondary N) is 1. The van der Waals surface area contributed by atoms with E-state index < -0.39 is 0 Å². The average molecular weight is 196 g/mol. The maximum atomic E-state index is 11.7. The Morgan fingerprint density at radius 1 is 1.29 bits per heavy atom. The summed E-state index contributed by atoms with van der Waals surface area (Å²) in [6.45, 7) is 4.75. The van der Waals surface area contributed by atoms with Gasteiger partial charge in [-0.3, -0.25) is 4.79 Å². The summed E-state index contributed by atoms with van der Waals surface area (Å²) in [6.07, 6.45) is 4.86. The molecule has 0 bridgehead atoms. The molecule has 0 aromatic heterocycles. The number of hydrogen-bond donors (Lipinski definition) is 1. The van der Waals surface area contributed by atoms with E-state index in [2.05, 4.69) is 12.2 Å². The second kappa shape index (κ2) is 4.30. The number of amides is 1. The Morgan fingerprint density at radius 3 is 2.50 bits per heavy atom. The van der Waals surface area contributed by atoms with Crippen LogP contribution in [0.1, 0.15) is 32.6 Å². The summed E-state index contributed by atoms with van der Waals surface area (Å²) in [5.74, 6) is 1.10. The van der Waals surface area contributed by atoms with Gasteiger partial charge < -0.3 is 10.2 Å². The van der Waals surface area contributed by atoms with E-state index in [1.54, 1.807) is 0 Å². The van der Waals surface area contributed by atoms with Gasteiger partial charge >= 0.3 is 0 Å². The highest BCUT2D eigenvalue weighted by Gasteiger charge is 2.24. The van der Waals surface area contributed by atoms with Gasteiger partial charge in [-0.15, -0.1) is 0 Å². The van der Waals surface area contributed by atoms with Gasteiger partial charge in [0.05, 0.1) is 6.54 Å². The number of likely N-dealkylation sites (tertiary alicyclic amines) is 1. The zero-order chi connectivity index (χ0) is 9.97. The van der Waals surface area contributed by atoms with Crippen molar-refractivity contribution in [3.8, 4) is 0 Å². The van der Waals surface area contributed by atoms with E-state index in [1.165, 1.54) is 25.7 Å². The Bertz CT molecular complexity index is 205. The number of rotatable bonds is 3. The largest absolute Gasteiger partial charge is 0.342 e. The zero-order valence-electron chi connectivity index (χ0n) is 8.96. The Labute approximate surface area is 85.8 Å². The predicted octanol–water partition coefficient (Wildman–Crippen LogP) is 0.997. The molecule has 3 nitrogen and oxygen atoms in total. The molecule has 0 atom stereocenters. The fraction of sp³-hybridized carbons (Fsp3) is 0.909. The van der Waals surface area contributed by atoms with Gasteiger partial charge in [-0.05, 0) is 31.6 Å². The number of nitrogens with zero attached hydrogens (tertiary/aromatic N) is 1. The molecule has 14 heavy (non-hydrogen) atoms. The highest BCUT2D eigenvalue weighted by atomic mass is 16.2. The quantitative estimate of drug-likeness (QED) is 0.730. The van der Waals surface area contributed by atoms with Crippen molar-refractivity contribution in [1.82, 2.24) is 10.2 Å². The first-order valence-corrected chi connectivity index (χ1v) is 5.77. The monoisotopic (exact) mass is 196 g/mol.